The maximum atomic E-state index is 13.1. The second kappa shape index (κ2) is 11.6. The van der Waals surface area contributed by atoms with E-state index in [9.17, 15) is 27.0 Å². The molecule has 2 atom stereocenters. The fraction of sp³-hybridized carbons (Fsp3) is 0.375. The first-order valence-electron chi connectivity index (χ1n) is 11.6. The minimum atomic E-state index is -4.67. The average Bonchev–Trinajstić information content (AvgIpc) is 3.25. The van der Waals surface area contributed by atoms with E-state index in [-0.39, 0.29) is 33.5 Å². The molecule has 2 aromatic heterocycles. The smallest absolute Gasteiger partial charge is 0.342 e. The number of pyridine rings is 1. The van der Waals surface area contributed by atoms with Crippen LogP contribution in [0.15, 0.2) is 40.9 Å². The number of carbonyl (C=O) groups is 2. The van der Waals surface area contributed by atoms with Crippen LogP contribution in [-0.4, -0.2) is 47.3 Å². The third-order valence-electron chi connectivity index (χ3n) is 5.40. The lowest BCUT2D eigenvalue weighted by Crippen LogP contribution is -2.29. The van der Waals surface area contributed by atoms with Crippen LogP contribution in [0.3, 0.4) is 0 Å². The van der Waals surface area contributed by atoms with Crippen molar-refractivity contribution in [2.75, 3.05) is 11.5 Å². The van der Waals surface area contributed by atoms with Gasteiger partial charge in [-0.1, -0.05) is 25.4 Å². The quantitative estimate of drug-likeness (QED) is 0.399. The molecule has 2 amide bonds. The third-order valence-corrected chi connectivity index (χ3v) is 8.06. The summed E-state index contributed by atoms with van der Waals surface area (Å²) in [4.78, 5) is 33.8. The number of aryl methyl sites for hydroxylation is 1. The molecule has 2 heterocycles. The van der Waals surface area contributed by atoms with Crippen molar-refractivity contribution >= 4 is 33.1 Å². The number of aromatic nitrogens is 4. The van der Waals surface area contributed by atoms with Gasteiger partial charge in [0.1, 0.15) is 5.82 Å². The fourth-order valence-electron chi connectivity index (χ4n) is 3.52. The summed E-state index contributed by atoms with van der Waals surface area (Å²) < 4.78 is 57.4. The zero-order valence-corrected chi connectivity index (χ0v) is 22.6. The molecule has 3 rings (SSSR count). The van der Waals surface area contributed by atoms with Gasteiger partial charge in [-0.05, 0) is 50.6 Å². The lowest BCUT2D eigenvalue weighted by molar-refractivity contribution is -0.137. The Hall–Kier alpha value is -3.32. The molecule has 0 radical (unpaired) electrons. The molecule has 0 aliphatic carbocycles. The number of halogens is 4. The highest BCUT2D eigenvalue weighted by molar-refractivity contribution is 7.93. The predicted octanol–water partition coefficient (Wildman–Crippen LogP) is 5.17. The molecular formula is C24H26ClF3N6O3S. The highest BCUT2D eigenvalue weighted by Crippen LogP contribution is 2.32. The van der Waals surface area contributed by atoms with E-state index in [2.05, 4.69) is 24.7 Å². The predicted molar refractivity (Wildman–Crippen MR) is 137 cm³/mol. The van der Waals surface area contributed by atoms with Crippen LogP contribution < -0.4 is 5.32 Å². The molecule has 0 saturated carbocycles. The Bertz CT molecular complexity index is 1460. The molecule has 0 aliphatic rings. The van der Waals surface area contributed by atoms with Crippen molar-refractivity contribution in [3.8, 4) is 5.82 Å². The van der Waals surface area contributed by atoms with E-state index >= 15 is 0 Å². The molecule has 0 saturated heterocycles. The summed E-state index contributed by atoms with van der Waals surface area (Å²) in [5.74, 6) is 0.0171. The SMILES string of the molecule is CCCS(=O)(CC)=NC(=O)c1ccc(-n2nc(C)nc2[C@H](C)NC(=O)c2cc(Cl)cc(C(F)(F)F)c2)nc1. The molecule has 38 heavy (non-hydrogen) atoms. The summed E-state index contributed by atoms with van der Waals surface area (Å²) in [5, 5.41) is 6.65. The Morgan fingerprint density at radius 2 is 1.89 bits per heavy atom. The van der Waals surface area contributed by atoms with Gasteiger partial charge in [-0.3, -0.25) is 9.59 Å². The van der Waals surface area contributed by atoms with Crippen molar-refractivity contribution < 1.29 is 27.0 Å². The van der Waals surface area contributed by atoms with E-state index in [0.29, 0.717) is 24.1 Å². The molecule has 0 bridgehead atoms. The molecule has 1 unspecified atom stereocenters. The number of nitrogens with zero attached hydrogens (tertiary/aromatic N) is 5. The lowest BCUT2D eigenvalue weighted by Gasteiger charge is -2.15. The van der Waals surface area contributed by atoms with Gasteiger partial charge >= 0.3 is 6.18 Å². The van der Waals surface area contributed by atoms with E-state index in [4.69, 9.17) is 11.6 Å². The number of benzene rings is 1. The monoisotopic (exact) mass is 570 g/mol. The van der Waals surface area contributed by atoms with Gasteiger partial charge in [0.25, 0.3) is 11.8 Å². The standard InChI is InChI=1S/C24H26ClF3N6O3S/c1-5-9-38(37,6-2)33-23(36)16-7-8-20(29-13-16)34-21(31-15(4)32-34)14(3)30-22(35)17-10-18(24(26,27)28)12-19(25)11-17/h7-8,10-14H,5-6,9H2,1-4H3,(H,30,35)/t14-,38?/m0/s1. The Morgan fingerprint density at radius 3 is 2.47 bits per heavy atom. The maximum Gasteiger partial charge on any atom is 0.416 e. The first kappa shape index (κ1) is 29.2. The van der Waals surface area contributed by atoms with E-state index in [1.807, 2.05) is 6.92 Å². The summed E-state index contributed by atoms with van der Waals surface area (Å²) in [6.45, 7) is 6.78. The van der Waals surface area contributed by atoms with Gasteiger partial charge in [0.2, 0.25) is 0 Å². The number of hydrogen-bond acceptors (Lipinski definition) is 6. The third kappa shape index (κ3) is 6.95. The van der Waals surface area contributed by atoms with Gasteiger partial charge in [-0.25, -0.2) is 14.2 Å². The second-order valence-corrected chi connectivity index (χ2v) is 11.6. The van der Waals surface area contributed by atoms with Crippen LogP contribution in [0.5, 0.6) is 0 Å². The van der Waals surface area contributed by atoms with Gasteiger partial charge in [-0.2, -0.15) is 22.2 Å². The summed E-state index contributed by atoms with van der Waals surface area (Å²) in [7, 11) is -2.64. The van der Waals surface area contributed by atoms with Crippen LogP contribution in [0, 0.1) is 6.92 Å². The van der Waals surface area contributed by atoms with Crippen molar-refractivity contribution in [3.63, 3.8) is 0 Å². The van der Waals surface area contributed by atoms with E-state index in [0.717, 1.165) is 12.1 Å². The van der Waals surface area contributed by atoms with Crippen molar-refractivity contribution in [1.29, 1.82) is 0 Å². The molecule has 14 heteroatoms. The molecule has 3 aromatic rings. The number of alkyl halides is 3. The molecule has 9 nitrogen and oxygen atoms in total. The number of hydrogen-bond donors (Lipinski definition) is 1. The second-order valence-electron chi connectivity index (χ2n) is 8.42. The first-order chi connectivity index (χ1) is 17.8. The minimum absolute atomic E-state index is 0.146. The Morgan fingerprint density at radius 1 is 1.18 bits per heavy atom. The van der Waals surface area contributed by atoms with Gasteiger partial charge in [-0.15, -0.1) is 5.10 Å². The molecular weight excluding hydrogens is 545 g/mol. The number of carbonyl (C=O) groups excluding carboxylic acids is 2. The molecule has 1 N–H and O–H groups in total. The fourth-order valence-corrected chi connectivity index (χ4v) is 5.31. The van der Waals surface area contributed by atoms with Crippen LogP contribution in [0.4, 0.5) is 13.2 Å². The van der Waals surface area contributed by atoms with Gasteiger partial charge < -0.3 is 5.32 Å². The van der Waals surface area contributed by atoms with Crippen molar-refractivity contribution in [2.45, 2.75) is 46.3 Å². The van der Waals surface area contributed by atoms with Crippen LogP contribution in [-0.2, 0) is 15.9 Å². The maximum absolute atomic E-state index is 13.1. The topological polar surface area (TPSA) is 119 Å². The molecule has 0 fully saturated rings. The molecule has 0 aliphatic heterocycles. The zero-order valence-electron chi connectivity index (χ0n) is 21.0. The van der Waals surface area contributed by atoms with Gasteiger partial charge in [0.15, 0.2) is 11.6 Å². The van der Waals surface area contributed by atoms with Crippen molar-refractivity contribution in [1.82, 2.24) is 25.1 Å². The summed E-state index contributed by atoms with van der Waals surface area (Å²) >= 11 is 5.80. The largest absolute Gasteiger partial charge is 0.416 e. The Labute approximate surface area is 223 Å². The summed E-state index contributed by atoms with van der Waals surface area (Å²) in [6, 6.07) is 4.75. The van der Waals surface area contributed by atoms with Crippen LogP contribution in [0.1, 0.15) is 71.2 Å². The van der Waals surface area contributed by atoms with E-state index in [1.54, 1.807) is 20.8 Å². The highest BCUT2D eigenvalue weighted by Gasteiger charge is 2.32. The molecule has 1 aromatic carbocycles. The van der Waals surface area contributed by atoms with Crippen LogP contribution >= 0.6 is 11.6 Å². The average molecular weight is 571 g/mol. The van der Waals surface area contributed by atoms with Crippen molar-refractivity contribution in [2.24, 2.45) is 4.36 Å². The summed E-state index contributed by atoms with van der Waals surface area (Å²) in [6.07, 6.45) is -2.76. The normalized spacial score (nSPS) is 14.0. The van der Waals surface area contributed by atoms with Crippen molar-refractivity contribution in [3.05, 3.63) is 69.9 Å². The molecule has 0 spiro atoms. The zero-order chi connectivity index (χ0) is 28.3. The number of nitrogens with one attached hydrogen (secondary N) is 1. The van der Waals surface area contributed by atoms with E-state index in [1.165, 1.54) is 23.0 Å². The Kier molecular flexibility index (Phi) is 8.93. The number of rotatable bonds is 8. The lowest BCUT2D eigenvalue weighted by atomic mass is 10.1. The molecule has 204 valence electrons. The first-order valence-corrected chi connectivity index (χ1v) is 13.8. The number of amides is 2. The van der Waals surface area contributed by atoms with Gasteiger partial charge in [0, 0.05) is 28.3 Å². The van der Waals surface area contributed by atoms with E-state index < -0.39 is 39.3 Å². The highest BCUT2D eigenvalue weighted by atomic mass is 35.5. The Balaban J connectivity index is 1.85. The van der Waals surface area contributed by atoms with Gasteiger partial charge in [0.05, 0.1) is 26.9 Å². The van der Waals surface area contributed by atoms with Crippen LogP contribution in [0.25, 0.3) is 5.82 Å². The minimum Gasteiger partial charge on any atom is -0.342 e. The van der Waals surface area contributed by atoms with Crippen LogP contribution in [0.2, 0.25) is 5.02 Å². The summed E-state index contributed by atoms with van der Waals surface area (Å²) in [5.41, 5.74) is -1.17.